The van der Waals surface area contributed by atoms with Gasteiger partial charge in [0.05, 0.1) is 26.4 Å². The molecule has 0 fully saturated rings. The number of aliphatic hydroxyl groups excluding tert-OH is 1. The molecular weight excluding hydrogens is 1380 g/mol. The van der Waals surface area contributed by atoms with Gasteiger partial charge in [0, 0.05) is 25.7 Å². The van der Waals surface area contributed by atoms with Gasteiger partial charge < -0.3 is 33.8 Å². The van der Waals surface area contributed by atoms with E-state index in [1.165, 1.54) is 25.7 Å². The molecule has 19 heteroatoms. The molecule has 0 aromatic rings. The van der Waals surface area contributed by atoms with Gasteiger partial charge in [-0.3, -0.25) is 37.3 Å². The predicted octanol–water partition coefficient (Wildman–Crippen LogP) is 23.8. The fourth-order valence-electron chi connectivity index (χ4n) is 10.1. The Balaban J connectivity index is 5.45. The largest absolute Gasteiger partial charge is 0.472 e. The molecule has 0 aliphatic carbocycles. The molecule has 0 aliphatic rings. The van der Waals surface area contributed by atoms with Crippen molar-refractivity contribution in [3.63, 3.8) is 0 Å². The number of allylic oxidation sites excluding steroid dienone is 28. The van der Waals surface area contributed by atoms with Gasteiger partial charge in [-0.15, -0.1) is 0 Å². The van der Waals surface area contributed by atoms with Crippen molar-refractivity contribution in [3.05, 3.63) is 170 Å². The minimum atomic E-state index is -5.00. The van der Waals surface area contributed by atoms with Gasteiger partial charge in [0.2, 0.25) is 0 Å². The number of esters is 4. The Morgan fingerprint density at radius 2 is 0.509 bits per heavy atom. The van der Waals surface area contributed by atoms with Gasteiger partial charge >= 0.3 is 39.5 Å². The quantitative estimate of drug-likeness (QED) is 0.0169. The molecule has 0 aromatic heterocycles. The van der Waals surface area contributed by atoms with Crippen molar-refractivity contribution >= 4 is 39.5 Å². The highest BCUT2D eigenvalue weighted by Crippen LogP contribution is 2.45. The molecule has 0 rings (SSSR count). The second-order valence-electron chi connectivity index (χ2n) is 26.2. The lowest BCUT2D eigenvalue weighted by atomic mass is 10.1. The van der Waals surface area contributed by atoms with Crippen molar-refractivity contribution in [3.8, 4) is 0 Å². The molecule has 0 heterocycles. The molecule has 5 atom stereocenters. The molecule has 0 amide bonds. The Labute approximate surface area is 642 Å². The molecule has 0 saturated carbocycles. The molecule has 3 N–H and O–H groups in total. The highest BCUT2D eigenvalue weighted by molar-refractivity contribution is 7.47. The summed E-state index contributed by atoms with van der Waals surface area (Å²) in [5, 5.41) is 10.6. The number of rotatable bonds is 74. The average molecular weight is 1520 g/mol. The zero-order valence-corrected chi connectivity index (χ0v) is 67.6. The number of aliphatic hydroxyl groups is 1. The molecule has 0 bridgehead atoms. The Kier molecular flexibility index (Phi) is 73.5. The summed E-state index contributed by atoms with van der Waals surface area (Å²) in [6.45, 7) is 4.38. The molecule has 602 valence electrons. The Morgan fingerprint density at radius 3 is 0.821 bits per heavy atom. The van der Waals surface area contributed by atoms with Gasteiger partial charge in [0.15, 0.2) is 12.2 Å². The molecule has 0 spiro atoms. The normalized spacial score (nSPS) is 14.7. The third-order valence-electron chi connectivity index (χ3n) is 16.2. The highest BCUT2D eigenvalue weighted by atomic mass is 31.2. The van der Waals surface area contributed by atoms with Crippen LogP contribution in [0.1, 0.15) is 297 Å². The maximum Gasteiger partial charge on any atom is 0.472 e. The fourth-order valence-corrected chi connectivity index (χ4v) is 11.7. The Bertz CT molecular complexity index is 2680. The van der Waals surface area contributed by atoms with E-state index in [0.717, 1.165) is 186 Å². The van der Waals surface area contributed by atoms with Gasteiger partial charge in [-0.2, -0.15) is 0 Å². The lowest BCUT2D eigenvalue weighted by Crippen LogP contribution is -2.30. The van der Waals surface area contributed by atoms with Gasteiger partial charge in [0.25, 0.3) is 0 Å². The van der Waals surface area contributed by atoms with E-state index in [2.05, 4.69) is 180 Å². The van der Waals surface area contributed by atoms with Crippen LogP contribution in [0.5, 0.6) is 0 Å². The SMILES string of the molecule is CC/C=C\C/C=C\C/C=C\C/C=C\C/C=C\C/C=C\CCC(=O)OCC(COP(=O)(O)OCC(O)COP(=O)(O)OCC(COC(=O)CCCCCCCC/C=C\C/C=C\C/C=C\C/C=C\CC)OC(=O)CCCCCCC/C=C\C/C=C\C/C=C\CC)OC(=O)CCCCCCC/C=C\CCCCCC. The number of phosphoric acid groups is 2. The van der Waals surface area contributed by atoms with Gasteiger partial charge in [-0.1, -0.05) is 281 Å². The van der Waals surface area contributed by atoms with Crippen LogP contribution in [0.15, 0.2) is 170 Å². The monoisotopic (exact) mass is 1520 g/mol. The van der Waals surface area contributed by atoms with E-state index in [1.54, 1.807) is 0 Å². The summed E-state index contributed by atoms with van der Waals surface area (Å²) in [5.41, 5.74) is 0. The van der Waals surface area contributed by atoms with E-state index >= 15 is 0 Å². The summed E-state index contributed by atoms with van der Waals surface area (Å²) in [6, 6.07) is 0. The second-order valence-corrected chi connectivity index (χ2v) is 29.1. The number of carbonyl (C=O) groups is 4. The van der Waals surface area contributed by atoms with Crippen LogP contribution in [0.25, 0.3) is 0 Å². The van der Waals surface area contributed by atoms with E-state index in [1.807, 2.05) is 18.2 Å². The predicted molar refractivity (Wildman–Crippen MR) is 436 cm³/mol. The van der Waals surface area contributed by atoms with E-state index < -0.39 is 97.5 Å². The first-order valence-corrected chi connectivity index (χ1v) is 43.4. The summed E-state index contributed by atoms with van der Waals surface area (Å²) >= 11 is 0. The first-order valence-electron chi connectivity index (χ1n) is 40.4. The molecule has 5 unspecified atom stereocenters. The van der Waals surface area contributed by atoms with Crippen molar-refractivity contribution in [1.82, 2.24) is 0 Å². The molecule has 0 saturated heterocycles. The second kappa shape index (κ2) is 77.6. The lowest BCUT2D eigenvalue weighted by molar-refractivity contribution is -0.161. The maximum absolute atomic E-state index is 13.1. The molecule has 17 nitrogen and oxygen atoms in total. The Hall–Kier alpha value is -5.58. The summed E-state index contributed by atoms with van der Waals surface area (Å²) in [7, 11) is -10.0. The van der Waals surface area contributed by atoms with Crippen molar-refractivity contribution in [2.45, 2.75) is 316 Å². The van der Waals surface area contributed by atoms with Gasteiger partial charge in [-0.25, -0.2) is 9.13 Å². The topological polar surface area (TPSA) is 237 Å². The van der Waals surface area contributed by atoms with Crippen molar-refractivity contribution < 1.29 is 80.2 Å². The first kappa shape index (κ1) is 100. The lowest BCUT2D eigenvalue weighted by Gasteiger charge is -2.21. The summed E-state index contributed by atoms with van der Waals surface area (Å²) < 4.78 is 68.5. The van der Waals surface area contributed by atoms with Crippen LogP contribution in [0, 0.1) is 0 Å². The van der Waals surface area contributed by atoms with Gasteiger partial charge in [-0.05, 0) is 161 Å². The molecule has 0 radical (unpaired) electrons. The van der Waals surface area contributed by atoms with E-state index in [0.29, 0.717) is 32.1 Å². The van der Waals surface area contributed by atoms with Crippen LogP contribution >= 0.6 is 15.6 Å². The van der Waals surface area contributed by atoms with Crippen LogP contribution in [-0.4, -0.2) is 96.7 Å². The Morgan fingerprint density at radius 1 is 0.274 bits per heavy atom. The van der Waals surface area contributed by atoms with Crippen LogP contribution in [0.2, 0.25) is 0 Å². The minimum absolute atomic E-state index is 0.0294. The first-order chi connectivity index (χ1) is 51.7. The zero-order chi connectivity index (χ0) is 77.4. The van der Waals surface area contributed by atoms with Crippen LogP contribution in [0.4, 0.5) is 0 Å². The third-order valence-corrected chi connectivity index (χ3v) is 18.1. The van der Waals surface area contributed by atoms with E-state index in [-0.39, 0.29) is 25.7 Å². The summed E-state index contributed by atoms with van der Waals surface area (Å²) in [5.74, 6) is -2.33. The number of phosphoric ester groups is 2. The number of ether oxygens (including phenoxy) is 4. The summed E-state index contributed by atoms with van der Waals surface area (Å²) in [4.78, 5) is 73.0. The van der Waals surface area contributed by atoms with Crippen molar-refractivity contribution in [2.75, 3.05) is 39.6 Å². The third kappa shape index (κ3) is 76.6. The van der Waals surface area contributed by atoms with Gasteiger partial charge in [0.1, 0.15) is 19.3 Å². The number of hydrogen-bond acceptors (Lipinski definition) is 15. The molecular formula is C87H142O17P2. The maximum atomic E-state index is 13.1. The fraction of sp³-hybridized carbons (Fsp3) is 0.632. The molecule has 0 aromatic carbocycles. The van der Waals surface area contributed by atoms with E-state index in [4.69, 9.17) is 37.0 Å². The zero-order valence-electron chi connectivity index (χ0n) is 65.8. The highest BCUT2D eigenvalue weighted by Gasteiger charge is 2.30. The number of carbonyl (C=O) groups excluding carboxylic acids is 4. The van der Waals surface area contributed by atoms with E-state index in [9.17, 15) is 43.2 Å². The number of unbranched alkanes of at least 4 members (excludes halogenated alkanes) is 20. The van der Waals surface area contributed by atoms with Crippen LogP contribution < -0.4 is 0 Å². The number of hydrogen-bond donors (Lipinski definition) is 3. The molecule has 106 heavy (non-hydrogen) atoms. The molecule has 0 aliphatic heterocycles. The smallest absolute Gasteiger partial charge is 0.462 e. The van der Waals surface area contributed by atoms with Crippen molar-refractivity contribution in [2.24, 2.45) is 0 Å². The standard InChI is InChI=1S/C87H142O17P2/c1-5-9-13-17-21-25-29-33-36-38-40-42-45-48-51-55-59-63-67-71-84(89)97-77-82(103-86(91)73-69-65-61-57-53-47-32-28-24-20-16-12-8-4)79-101-105(93,94)99-75-81(88)76-100-106(95,96)102-80-83(104-87(92)74-70-66-62-58-54-50-44-35-31-27-23-19-15-11-7-3)78-98-85(90)72-68-64-60-56-52-49-46-43-41-39-37-34-30-26-22-18-14-10-6-2/h9-11,13-15,21-23,25-28,32-37,40-44,48,51,59,63,81-83,88H,5-8,12,16-20,24,29-31,38-39,45-47,49-50,52-58,60-62,64-80H2,1-4H3,(H,93,94)(H,95,96)/b13-9-,14-10-,15-11-,25-21-,26-22-,27-23-,32-28-,36-33-,37-34-,42-40-,43-41-,44-35-,51-48-,63-59-. The van der Waals surface area contributed by atoms with Crippen molar-refractivity contribution in [1.29, 1.82) is 0 Å². The van der Waals surface area contributed by atoms with Crippen LogP contribution in [0.3, 0.4) is 0 Å². The summed E-state index contributed by atoms with van der Waals surface area (Å²) in [6.07, 6.45) is 92.0. The minimum Gasteiger partial charge on any atom is -0.462 e. The van der Waals surface area contributed by atoms with Crippen LogP contribution in [-0.2, 0) is 65.4 Å². The average Bonchev–Trinajstić information content (AvgIpc) is 0.901.